The highest BCUT2D eigenvalue weighted by atomic mass is 35.5. The molecule has 0 aliphatic carbocycles. The Balaban J connectivity index is 0.00000256. The van der Waals surface area contributed by atoms with Crippen LogP contribution >= 0.6 is 12.4 Å². The summed E-state index contributed by atoms with van der Waals surface area (Å²) >= 11 is 0. The number of nitrogens with two attached hydrogens (primary N) is 1. The molecular weight excluding hydrogens is 240 g/mol. The second-order valence-electron chi connectivity index (χ2n) is 4.33. The number of hydrogen-bond acceptors (Lipinski definition) is 3. The Bertz CT molecular complexity index is 351. The van der Waals surface area contributed by atoms with E-state index in [1.807, 2.05) is 27.1 Å². The second-order valence-corrected chi connectivity index (χ2v) is 4.33. The molecule has 1 unspecified atom stereocenters. The van der Waals surface area contributed by atoms with Gasteiger partial charge in [0.25, 0.3) is 0 Å². The Hall–Kier alpha value is -1.07. The summed E-state index contributed by atoms with van der Waals surface area (Å²) in [4.78, 5) is 11.5. The molecule has 1 amide bonds. The molecule has 1 rings (SSSR count). The maximum Gasteiger partial charge on any atom is 0.237 e. The molecule has 0 saturated heterocycles. The van der Waals surface area contributed by atoms with Crippen LogP contribution in [0.1, 0.15) is 19.4 Å². The van der Waals surface area contributed by atoms with E-state index < -0.39 is 6.04 Å². The SMILES string of the molecule is CC(C)C(N)C(=O)NCCc1cnn(C)c1.Cl. The molecule has 0 radical (unpaired) electrons. The lowest BCUT2D eigenvalue weighted by Crippen LogP contribution is -2.44. The summed E-state index contributed by atoms with van der Waals surface area (Å²) in [6.07, 6.45) is 4.52. The fourth-order valence-corrected chi connectivity index (χ4v) is 1.35. The number of carbonyl (C=O) groups excluding carboxylic acids is 1. The van der Waals surface area contributed by atoms with Gasteiger partial charge in [-0.05, 0) is 17.9 Å². The van der Waals surface area contributed by atoms with Crippen molar-refractivity contribution >= 4 is 18.3 Å². The number of rotatable bonds is 5. The standard InChI is InChI=1S/C11H20N4O.ClH/c1-8(2)10(12)11(16)13-5-4-9-6-14-15(3)7-9;/h6-8,10H,4-5,12H2,1-3H3,(H,13,16);1H. The molecule has 3 N–H and O–H groups in total. The molecule has 0 aliphatic rings. The Morgan fingerprint density at radius 2 is 2.24 bits per heavy atom. The van der Waals surface area contributed by atoms with Crippen LogP contribution in [-0.4, -0.2) is 28.3 Å². The number of aryl methyl sites for hydroxylation is 1. The van der Waals surface area contributed by atoms with Crippen LogP contribution in [0.25, 0.3) is 0 Å². The van der Waals surface area contributed by atoms with Crippen molar-refractivity contribution in [2.75, 3.05) is 6.54 Å². The van der Waals surface area contributed by atoms with Gasteiger partial charge in [0.2, 0.25) is 5.91 Å². The first-order valence-electron chi connectivity index (χ1n) is 5.51. The van der Waals surface area contributed by atoms with Crippen LogP contribution in [0.4, 0.5) is 0 Å². The summed E-state index contributed by atoms with van der Waals surface area (Å²) in [7, 11) is 1.87. The van der Waals surface area contributed by atoms with E-state index in [2.05, 4.69) is 10.4 Å². The van der Waals surface area contributed by atoms with Crippen LogP contribution in [0.15, 0.2) is 12.4 Å². The van der Waals surface area contributed by atoms with E-state index in [0.717, 1.165) is 12.0 Å². The van der Waals surface area contributed by atoms with Crippen molar-refractivity contribution in [2.45, 2.75) is 26.3 Å². The molecule has 1 aromatic heterocycles. The minimum absolute atomic E-state index is 0. The molecule has 98 valence electrons. The molecule has 5 nitrogen and oxygen atoms in total. The summed E-state index contributed by atoms with van der Waals surface area (Å²) < 4.78 is 1.75. The monoisotopic (exact) mass is 260 g/mol. The third kappa shape index (κ3) is 5.19. The molecule has 1 heterocycles. The van der Waals surface area contributed by atoms with Gasteiger partial charge in [-0.25, -0.2) is 0 Å². The first-order valence-corrected chi connectivity index (χ1v) is 5.51. The van der Waals surface area contributed by atoms with Crippen LogP contribution in [0, 0.1) is 5.92 Å². The van der Waals surface area contributed by atoms with E-state index in [9.17, 15) is 4.79 Å². The Kier molecular flexibility index (Phi) is 6.83. The Morgan fingerprint density at radius 3 is 2.71 bits per heavy atom. The van der Waals surface area contributed by atoms with E-state index in [-0.39, 0.29) is 24.2 Å². The average molecular weight is 261 g/mol. The van der Waals surface area contributed by atoms with Crippen LogP contribution in [0.2, 0.25) is 0 Å². The van der Waals surface area contributed by atoms with Gasteiger partial charge in [0, 0.05) is 19.8 Å². The number of carbonyl (C=O) groups is 1. The zero-order valence-corrected chi connectivity index (χ0v) is 11.3. The van der Waals surface area contributed by atoms with E-state index in [1.54, 1.807) is 10.9 Å². The van der Waals surface area contributed by atoms with Crippen molar-refractivity contribution in [2.24, 2.45) is 18.7 Å². The van der Waals surface area contributed by atoms with Gasteiger partial charge in [0.1, 0.15) is 0 Å². The molecule has 0 aromatic carbocycles. The zero-order valence-electron chi connectivity index (χ0n) is 10.5. The quantitative estimate of drug-likeness (QED) is 0.809. The first kappa shape index (κ1) is 15.9. The van der Waals surface area contributed by atoms with Gasteiger partial charge >= 0.3 is 0 Å². The predicted octanol–water partition coefficient (Wildman–Crippen LogP) is 0.484. The van der Waals surface area contributed by atoms with Crippen LogP contribution < -0.4 is 11.1 Å². The number of nitrogens with one attached hydrogen (secondary N) is 1. The van der Waals surface area contributed by atoms with Gasteiger partial charge in [0.05, 0.1) is 12.2 Å². The van der Waals surface area contributed by atoms with E-state index in [0.29, 0.717) is 6.54 Å². The van der Waals surface area contributed by atoms with Crippen LogP contribution in [0.5, 0.6) is 0 Å². The van der Waals surface area contributed by atoms with Crippen molar-refractivity contribution in [3.05, 3.63) is 18.0 Å². The van der Waals surface area contributed by atoms with Crippen molar-refractivity contribution < 1.29 is 4.79 Å². The van der Waals surface area contributed by atoms with Gasteiger partial charge in [-0.2, -0.15) is 5.10 Å². The molecule has 0 saturated carbocycles. The number of amides is 1. The Morgan fingerprint density at radius 1 is 1.59 bits per heavy atom. The number of hydrogen-bond donors (Lipinski definition) is 2. The molecule has 6 heteroatoms. The largest absolute Gasteiger partial charge is 0.354 e. The highest BCUT2D eigenvalue weighted by Crippen LogP contribution is 1.99. The molecule has 0 aliphatic heterocycles. The van der Waals surface area contributed by atoms with Crippen LogP contribution in [-0.2, 0) is 18.3 Å². The fraction of sp³-hybridized carbons (Fsp3) is 0.636. The van der Waals surface area contributed by atoms with E-state index in [4.69, 9.17) is 5.73 Å². The van der Waals surface area contributed by atoms with Gasteiger partial charge in [-0.1, -0.05) is 13.8 Å². The lowest BCUT2D eigenvalue weighted by molar-refractivity contribution is -0.123. The summed E-state index contributed by atoms with van der Waals surface area (Å²) in [5, 5.41) is 6.88. The molecule has 1 aromatic rings. The minimum Gasteiger partial charge on any atom is -0.354 e. The van der Waals surface area contributed by atoms with Crippen molar-refractivity contribution in [1.82, 2.24) is 15.1 Å². The highest BCUT2D eigenvalue weighted by molar-refractivity contribution is 5.85. The minimum atomic E-state index is -0.422. The number of halogens is 1. The van der Waals surface area contributed by atoms with Crippen molar-refractivity contribution in [3.63, 3.8) is 0 Å². The molecule has 17 heavy (non-hydrogen) atoms. The smallest absolute Gasteiger partial charge is 0.237 e. The second kappa shape index (κ2) is 7.29. The maximum absolute atomic E-state index is 11.5. The summed E-state index contributed by atoms with van der Waals surface area (Å²) in [6.45, 7) is 4.47. The third-order valence-corrected chi connectivity index (χ3v) is 2.49. The third-order valence-electron chi connectivity index (χ3n) is 2.49. The van der Waals surface area contributed by atoms with E-state index >= 15 is 0 Å². The van der Waals surface area contributed by atoms with Crippen LogP contribution in [0.3, 0.4) is 0 Å². The number of aromatic nitrogens is 2. The summed E-state index contributed by atoms with van der Waals surface area (Å²) in [6, 6.07) is -0.422. The van der Waals surface area contributed by atoms with Crippen molar-refractivity contribution in [1.29, 1.82) is 0 Å². The predicted molar refractivity (Wildman–Crippen MR) is 70.0 cm³/mol. The topological polar surface area (TPSA) is 72.9 Å². The fourth-order valence-electron chi connectivity index (χ4n) is 1.35. The summed E-state index contributed by atoms with van der Waals surface area (Å²) in [5.74, 6) is 0.0808. The summed E-state index contributed by atoms with van der Waals surface area (Å²) in [5.41, 5.74) is 6.83. The van der Waals surface area contributed by atoms with E-state index in [1.165, 1.54) is 0 Å². The lowest BCUT2D eigenvalue weighted by atomic mass is 10.1. The van der Waals surface area contributed by atoms with Gasteiger partial charge in [-0.3, -0.25) is 9.48 Å². The first-order chi connectivity index (χ1) is 7.50. The molecule has 0 bridgehead atoms. The zero-order chi connectivity index (χ0) is 12.1. The highest BCUT2D eigenvalue weighted by Gasteiger charge is 2.16. The number of nitrogens with zero attached hydrogens (tertiary/aromatic N) is 2. The molecule has 1 atom stereocenters. The maximum atomic E-state index is 11.5. The van der Waals surface area contributed by atoms with Gasteiger partial charge in [0.15, 0.2) is 0 Å². The van der Waals surface area contributed by atoms with Gasteiger partial charge < -0.3 is 11.1 Å². The molecule has 0 fully saturated rings. The van der Waals surface area contributed by atoms with Crippen molar-refractivity contribution in [3.8, 4) is 0 Å². The average Bonchev–Trinajstić information content (AvgIpc) is 2.62. The molecular formula is C11H21ClN4O. The lowest BCUT2D eigenvalue weighted by Gasteiger charge is -2.14. The Labute approximate surface area is 108 Å². The molecule has 0 spiro atoms. The normalized spacial score (nSPS) is 12.1. The van der Waals surface area contributed by atoms with Gasteiger partial charge in [-0.15, -0.1) is 12.4 Å².